The summed E-state index contributed by atoms with van der Waals surface area (Å²) in [6.07, 6.45) is 15.4. The Bertz CT molecular complexity index is 476. The van der Waals surface area contributed by atoms with Gasteiger partial charge in [-0.25, -0.2) is 4.99 Å². The van der Waals surface area contributed by atoms with E-state index in [1.54, 1.807) is 0 Å². The quantitative estimate of drug-likeness (QED) is 0.580. The predicted octanol–water partition coefficient (Wildman–Crippen LogP) is 3.99. The lowest BCUT2D eigenvalue weighted by Gasteiger charge is -2.57. The van der Waals surface area contributed by atoms with Crippen molar-refractivity contribution >= 4 is 18.4 Å². The van der Waals surface area contributed by atoms with Crippen molar-refractivity contribution in [1.29, 1.82) is 0 Å². The first kappa shape index (κ1) is 18.9. The summed E-state index contributed by atoms with van der Waals surface area (Å²) >= 11 is 0. The average Bonchev–Trinajstić information content (AvgIpc) is 2.61. The molecule has 0 unspecified atom stereocenters. The van der Waals surface area contributed by atoms with Crippen LogP contribution in [0.1, 0.15) is 70.6 Å². The molecule has 6 fully saturated rings. The second-order valence-corrected chi connectivity index (χ2v) is 9.67. The van der Waals surface area contributed by atoms with E-state index in [4.69, 9.17) is 9.73 Å². The first-order valence-electron chi connectivity index (χ1n) is 11.0. The zero-order valence-corrected chi connectivity index (χ0v) is 16.9. The number of hydrogen-bond acceptors (Lipinski definition) is 2. The Kier molecular flexibility index (Phi) is 5.71. The molecule has 0 amide bonds. The zero-order valence-electron chi connectivity index (χ0n) is 16.1. The van der Waals surface area contributed by atoms with E-state index in [9.17, 15) is 0 Å². The van der Waals surface area contributed by atoms with Crippen molar-refractivity contribution in [1.82, 2.24) is 10.2 Å². The summed E-state index contributed by atoms with van der Waals surface area (Å²) in [7, 11) is 0. The highest BCUT2D eigenvalue weighted by molar-refractivity contribution is 5.85. The van der Waals surface area contributed by atoms with Crippen molar-refractivity contribution in [3.05, 3.63) is 0 Å². The number of rotatable bonds is 2. The summed E-state index contributed by atoms with van der Waals surface area (Å²) < 4.78 is 5.61. The second kappa shape index (κ2) is 7.87. The van der Waals surface area contributed by atoms with E-state index < -0.39 is 0 Å². The molecular formula is C21H36ClN3O. The monoisotopic (exact) mass is 381 g/mol. The minimum absolute atomic E-state index is 0. The maximum Gasteiger partial charge on any atom is 0.194 e. The van der Waals surface area contributed by atoms with Crippen LogP contribution in [0.3, 0.4) is 0 Å². The summed E-state index contributed by atoms with van der Waals surface area (Å²) in [6.45, 7) is 3.72. The van der Waals surface area contributed by atoms with Crippen LogP contribution in [-0.4, -0.2) is 48.7 Å². The van der Waals surface area contributed by atoms with Crippen molar-refractivity contribution in [3.63, 3.8) is 0 Å². The summed E-state index contributed by atoms with van der Waals surface area (Å²) in [5, 5.41) is 4.10. The third-order valence-electron chi connectivity index (χ3n) is 7.61. The van der Waals surface area contributed by atoms with Crippen molar-refractivity contribution in [3.8, 4) is 0 Å². The molecule has 4 nitrogen and oxygen atoms in total. The fraction of sp³-hybridized carbons (Fsp3) is 0.952. The van der Waals surface area contributed by atoms with Crippen molar-refractivity contribution < 1.29 is 4.74 Å². The minimum atomic E-state index is 0. The van der Waals surface area contributed by atoms with Gasteiger partial charge in [-0.1, -0.05) is 19.3 Å². The van der Waals surface area contributed by atoms with E-state index in [0.29, 0.717) is 11.6 Å². The van der Waals surface area contributed by atoms with Gasteiger partial charge in [0.15, 0.2) is 5.96 Å². The molecule has 5 saturated carbocycles. The van der Waals surface area contributed by atoms with Crippen molar-refractivity contribution in [2.24, 2.45) is 22.7 Å². The van der Waals surface area contributed by atoms with Gasteiger partial charge in [-0.3, -0.25) is 0 Å². The van der Waals surface area contributed by atoms with Gasteiger partial charge in [-0.15, -0.1) is 12.4 Å². The standard InChI is InChI=1S/C21H35N3O.ClH/c1-2-4-19(5-3-1)22-20(24-6-8-25-9-7-24)23-21-13-16-10-17(14-21)12-18(11-16)15-21;/h16-19H,1-15H2,(H,22,23);1H. The van der Waals surface area contributed by atoms with E-state index in [2.05, 4.69) is 10.2 Å². The highest BCUT2D eigenvalue weighted by Crippen LogP contribution is 2.55. The van der Waals surface area contributed by atoms with Crippen molar-refractivity contribution in [2.75, 3.05) is 26.3 Å². The molecule has 0 aromatic rings. The SMILES string of the molecule is C1CCC(N=C(NC23CC4CC(CC(C4)C2)C3)N2CCOCC2)CC1.Cl. The van der Waals surface area contributed by atoms with Crippen LogP contribution >= 0.6 is 12.4 Å². The fourth-order valence-electron chi connectivity index (χ4n) is 6.85. The molecule has 5 aliphatic carbocycles. The molecule has 1 saturated heterocycles. The highest BCUT2D eigenvalue weighted by atomic mass is 35.5. The smallest absolute Gasteiger partial charge is 0.194 e. The second-order valence-electron chi connectivity index (χ2n) is 9.67. The molecule has 1 N–H and O–H groups in total. The van der Waals surface area contributed by atoms with E-state index in [-0.39, 0.29) is 12.4 Å². The number of halogens is 1. The fourth-order valence-corrected chi connectivity index (χ4v) is 6.85. The maximum absolute atomic E-state index is 5.61. The zero-order chi connectivity index (χ0) is 16.7. The number of hydrogen-bond donors (Lipinski definition) is 1. The van der Waals surface area contributed by atoms with Crippen LogP contribution in [0.15, 0.2) is 4.99 Å². The molecule has 0 spiro atoms. The van der Waals surface area contributed by atoms with Crippen LogP contribution in [-0.2, 0) is 4.74 Å². The Balaban J connectivity index is 0.00000168. The van der Waals surface area contributed by atoms with Crippen LogP contribution in [0, 0.1) is 17.8 Å². The molecular weight excluding hydrogens is 346 g/mol. The molecule has 6 rings (SSSR count). The lowest BCUT2D eigenvalue weighted by atomic mass is 9.53. The normalized spacial score (nSPS) is 40.4. The number of morpholine rings is 1. The molecule has 0 radical (unpaired) electrons. The molecule has 148 valence electrons. The predicted molar refractivity (Wildman–Crippen MR) is 108 cm³/mol. The third-order valence-corrected chi connectivity index (χ3v) is 7.61. The first-order chi connectivity index (χ1) is 12.3. The molecule has 0 atom stereocenters. The van der Waals surface area contributed by atoms with Crippen LogP contribution in [0.2, 0.25) is 0 Å². The van der Waals surface area contributed by atoms with E-state index in [1.807, 2.05) is 0 Å². The van der Waals surface area contributed by atoms with Crippen LogP contribution in [0.4, 0.5) is 0 Å². The van der Waals surface area contributed by atoms with Gasteiger partial charge in [0.05, 0.1) is 19.3 Å². The molecule has 1 heterocycles. The maximum atomic E-state index is 5.61. The van der Waals surface area contributed by atoms with Gasteiger partial charge >= 0.3 is 0 Å². The summed E-state index contributed by atoms with van der Waals surface area (Å²) in [4.78, 5) is 7.81. The Morgan fingerprint density at radius 3 is 2.04 bits per heavy atom. The minimum Gasteiger partial charge on any atom is -0.378 e. The number of ether oxygens (including phenoxy) is 1. The Labute approximate surface area is 164 Å². The first-order valence-corrected chi connectivity index (χ1v) is 11.0. The molecule has 5 heteroatoms. The molecule has 26 heavy (non-hydrogen) atoms. The van der Waals surface area contributed by atoms with E-state index in [0.717, 1.165) is 44.1 Å². The number of guanidine groups is 1. The molecule has 4 bridgehead atoms. The van der Waals surface area contributed by atoms with Gasteiger partial charge in [0, 0.05) is 18.6 Å². The lowest BCUT2D eigenvalue weighted by Crippen LogP contribution is -2.63. The number of nitrogens with zero attached hydrogens (tertiary/aromatic N) is 2. The van der Waals surface area contributed by atoms with E-state index >= 15 is 0 Å². The van der Waals surface area contributed by atoms with Crippen LogP contribution in [0.25, 0.3) is 0 Å². The van der Waals surface area contributed by atoms with Gasteiger partial charge in [-0.2, -0.15) is 0 Å². The molecule has 0 aromatic carbocycles. The Morgan fingerprint density at radius 1 is 0.885 bits per heavy atom. The van der Waals surface area contributed by atoms with Crippen molar-refractivity contribution in [2.45, 2.75) is 82.2 Å². The Morgan fingerprint density at radius 2 is 1.46 bits per heavy atom. The topological polar surface area (TPSA) is 36.9 Å². The summed E-state index contributed by atoms with van der Waals surface area (Å²) in [6, 6.07) is 0.549. The lowest BCUT2D eigenvalue weighted by molar-refractivity contribution is -0.0132. The van der Waals surface area contributed by atoms with E-state index in [1.165, 1.54) is 76.6 Å². The third kappa shape index (κ3) is 3.87. The largest absolute Gasteiger partial charge is 0.378 e. The summed E-state index contributed by atoms with van der Waals surface area (Å²) in [5.41, 5.74) is 0.362. The van der Waals surface area contributed by atoms with Crippen LogP contribution in [0.5, 0.6) is 0 Å². The highest BCUT2D eigenvalue weighted by Gasteiger charge is 2.51. The summed E-state index contributed by atoms with van der Waals surface area (Å²) in [5.74, 6) is 4.19. The number of aliphatic imine (C=N–C) groups is 1. The number of nitrogens with one attached hydrogen (secondary N) is 1. The van der Waals surface area contributed by atoms with Gasteiger partial charge in [0.2, 0.25) is 0 Å². The van der Waals surface area contributed by atoms with Gasteiger partial charge in [-0.05, 0) is 69.1 Å². The van der Waals surface area contributed by atoms with Gasteiger partial charge < -0.3 is 15.0 Å². The Hall–Kier alpha value is -0.480. The molecule has 1 aliphatic heterocycles. The molecule has 0 aromatic heterocycles. The molecule has 6 aliphatic rings. The van der Waals surface area contributed by atoms with Gasteiger partial charge in [0.25, 0.3) is 0 Å². The van der Waals surface area contributed by atoms with Gasteiger partial charge in [0.1, 0.15) is 0 Å². The van der Waals surface area contributed by atoms with Crippen LogP contribution < -0.4 is 5.32 Å². The average molecular weight is 382 g/mol.